The van der Waals surface area contributed by atoms with Crippen molar-refractivity contribution in [3.63, 3.8) is 0 Å². The lowest BCUT2D eigenvalue weighted by molar-refractivity contribution is 0.0927. The summed E-state index contributed by atoms with van der Waals surface area (Å²) in [6, 6.07) is 7.68. The van der Waals surface area contributed by atoms with E-state index in [1.807, 2.05) is 24.3 Å². The van der Waals surface area contributed by atoms with E-state index in [1.54, 1.807) is 5.38 Å². The summed E-state index contributed by atoms with van der Waals surface area (Å²) in [6.45, 7) is 0.362. The van der Waals surface area contributed by atoms with E-state index >= 15 is 0 Å². The highest BCUT2D eigenvalue weighted by molar-refractivity contribution is 7.09. The molecule has 1 aromatic carbocycles. The number of nitrogens with two attached hydrogens (primary N) is 1. The fourth-order valence-corrected chi connectivity index (χ4v) is 3.08. The van der Waals surface area contributed by atoms with Crippen molar-refractivity contribution in [1.82, 2.24) is 10.3 Å². The zero-order chi connectivity index (χ0) is 14.8. The van der Waals surface area contributed by atoms with Crippen molar-refractivity contribution in [3.05, 3.63) is 50.9 Å². The average Bonchev–Trinajstić information content (AvgIpc) is 3.22. The normalized spacial score (nSPS) is 15.0. The van der Waals surface area contributed by atoms with Crippen LogP contribution in [0.1, 0.15) is 39.9 Å². The number of thiazole rings is 1. The molecule has 0 radical (unpaired) electrons. The Morgan fingerprint density at radius 3 is 2.64 bits per heavy atom. The Bertz CT molecular complexity index is 640. The summed E-state index contributed by atoms with van der Waals surface area (Å²) in [6.07, 6.45) is 2.28. The zero-order valence-corrected chi connectivity index (χ0v) is 14.2. The monoisotopic (exact) mass is 357 g/mol. The molecule has 1 fully saturated rings. The summed E-state index contributed by atoms with van der Waals surface area (Å²) in [4.78, 5) is 16.6. The van der Waals surface area contributed by atoms with Gasteiger partial charge in [-0.25, -0.2) is 4.98 Å². The van der Waals surface area contributed by atoms with Crippen molar-refractivity contribution in [2.24, 2.45) is 11.7 Å². The zero-order valence-electron chi connectivity index (χ0n) is 11.8. The molecule has 0 saturated heterocycles. The van der Waals surface area contributed by atoms with E-state index in [-0.39, 0.29) is 24.4 Å². The van der Waals surface area contributed by atoms with Gasteiger partial charge in [0.1, 0.15) is 10.7 Å². The lowest BCUT2D eigenvalue weighted by Crippen LogP contribution is -2.30. The minimum absolute atomic E-state index is 0. The molecule has 3 rings (SSSR count). The highest BCUT2D eigenvalue weighted by Gasteiger charge is 2.33. The van der Waals surface area contributed by atoms with Gasteiger partial charge in [-0.05, 0) is 36.5 Å². The predicted molar refractivity (Wildman–Crippen MR) is 91.6 cm³/mol. The maximum absolute atomic E-state index is 12.3. The predicted octanol–water partition coefficient (Wildman–Crippen LogP) is 3.56. The minimum Gasteiger partial charge on any atom is -0.344 e. The number of carbonyl (C=O) groups is 1. The van der Waals surface area contributed by atoms with Gasteiger partial charge in [-0.1, -0.05) is 23.7 Å². The molecule has 3 N–H and O–H groups in total. The first-order valence-electron chi connectivity index (χ1n) is 6.88. The maximum Gasteiger partial charge on any atom is 0.271 e. The molecule has 1 aromatic heterocycles. The molecule has 1 atom stereocenters. The molecule has 0 spiro atoms. The quantitative estimate of drug-likeness (QED) is 0.859. The van der Waals surface area contributed by atoms with Gasteiger partial charge in [0, 0.05) is 16.9 Å². The van der Waals surface area contributed by atoms with E-state index in [0.29, 0.717) is 23.2 Å². The van der Waals surface area contributed by atoms with Crippen molar-refractivity contribution in [2.45, 2.75) is 25.4 Å². The Kier molecular flexibility index (Phi) is 5.81. The second-order valence-corrected chi connectivity index (χ2v) is 6.55. The highest BCUT2D eigenvalue weighted by atomic mass is 35.5. The standard InChI is InChI=1S/C15H16ClN3OS.ClH/c16-11-5-3-10(4-6-11)14(9-1-2-9)19-15(20)12-8-21-13(7-17)18-12;/h3-6,8-9,14H,1-2,7,17H2,(H,19,20);1H. The number of nitrogens with zero attached hydrogens (tertiary/aromatic N) is 1. The Morgan fingerprint density at radius 1 is 1.41 bits per heavy atom. The number of amides is 1. The lowest BCUT2D eigenvalue weighted by Gasteiger charge is -2.18. The molecule has 1 unspecified atom stereocenters. The molecule has 1 amide bonds. The number of aromatic nitrogens is 1. The van der Waals surface area contributed by atoms with Gasteiger partial charge in [-0.2, -0.15) is 0 Å². The van der Waals surface area contributed by atoms with Gasteiger partial charge >= 0.3 is 0 Å². The van der Waals surface area contributed by atoms with E-state index in [0.717, 1.165) is 23.4 Å². The molecule has 22 heavy (non-hydrogen) atoms. The highest BCUT2D eigenvalue weighted by Crippen LogP contribution is 2.41. The Labute approximate surface area is 144 Å². The number of rotatable bonds is 5. The van der Waals surface area contributed by atoms with Gasteiger partial charge in [-0.3, -0.25) is 4.79 Å². The fraction of sp³-hybridized carbons (Fsp3) is 0.333. The van der Waals surface area contributed by atoms with Crippen LogP contribution >= 0.6 is 35.3 Å². The van der Waals surface area contributed by atoms with E-state index in [9.17, 15) is 4.79 Å². The molecule has 1 heterocycles. The fourth-order valence-electron chi connectivity index (χ4n) is 2.30. The Morgan fingerprint density at radius 2 is 2.09 bits per heavy atom. The molecular formula is C15H17Cl2N3OS. The van der Waals surface area contributed by atoms with Crippen LogP contribution in [0.4, 0.5) is 0 Å². The van der Waals surface area contributed by atoms with Gasteiger partial charge in [-0.15, -0.1) is 23.7 Å². The Hall–Kier alpha value is -1.14. The Balaban J connectivity index is 0.00000176. The molecule has 2 aromatic rings. The maximum atomic E-state index is 12.3. The summed E-state index contributed by atoms with van der Waals surface area (Å²) in [7, 11) is 0. The smallest absolute Gasteiger partial charge is 0.271 e. The third-order valence-electron chi connectivity index (χ3n) is 3.57. The molecule has 7 heteroatoms. The molecule has 0 aliphatic heterocycles. The largest absolute Gasteiger partial charge is 0.344 e. The number of nitrogens with one attached hydrogen (secondary N) is 1. The summed E-state index contributed by atoms with van der Waals surface area (Å²) in [5.41, 5.74) is 7.06. The van der Waals surface area contributed by atoms with Crippen molar-refractivity contribution in [3.8, 4) is 0 Å². The number of carbonyl (C=O) groups excluding carboxylic acids is 1. The summed E-state index contributed by atoms with van der Waals surface area (Å²) < 4.78 is 0. The summed E-state index contributed by atoms with van der Waals surface area (Å²) in [5, 5.41) is 6.32. The SMILES string of the molecule is Cl.NCc1nc(C(=O)NC(c2ccc(Cl)cc2)C2CC2)cs1. The van der Waals surface area contributed by atoms with Crippen molar-refractivity contribution in [1.29, 1.82) is 0 Å². The number of hydrogen-bond donors (Lipinski definition) is 2. The van der Waals surface area contributed by atoms with Crippen LogP contribution in [-0.4, -0.2) is 10.9 Å². The average molecular weight is 358 g/mol. The van der Waals surface area contributed by atoms with E-state index in [2.05, 4.69) is 10.3 Å². The van der Waals surface area contributed by atoms with Crippen molar-refractivity contribution >= 4 is 41.3 Å². The molecular weight excluding hydrogens is 341 g/mol. The van der Waals surface area contributed by atoms with Crippen molar-refractivity contribution < 1.29 is 4.79 Å². The van der Waals surface area contributed by atoms with Gasteiger partial charge in [0.15, 0.2) is 0 Å². The van der Waals surface area contributed by atoms with Gasteiger partial charge in [0.05, 0.1) is 6.04 Å². The van der Waals surface area contributed by atoms with E-state index in [4.69, 9.17) is 17.3 Å². The second-order valence-electron chi connectivity index (χ2n) is 5.17. The lowest BCUT2D eigenvalue weighted by atomic mass is 10.0. The molecule has 1 aliphatic rings. The van der Waals surface area contributed by atoms with E-state index < -0.39 is 0 Å². The summed E-state index contributed by atoms with van der Waals surface area (Å²) >= 11 is 7.34. The number of halogens is 2. The number of hydrogen-bond acceptors (Lipinski definition) is 4. The van der Waals surface area contributed by atoms with Crippen LogP contribution in [0.3, 0.4) is 0 Å². The van der Waals surface area contributed by atoms with Crippen LogP contribution in [0.15, 0.2) is 29.6 Å². The van der Waals surface area contributed by atoms with Gasteiger partial charge in [0.2, 0.25) is 0 Å². The van der Waals surface area contributed by atoms with Crippen LogP contribution in [0.25, 0.3) is 0 Å². The van der Waals surface area contributed by atoms with Crippen LogP contribution in [0, 0.1) is 5.92 Å². The molecule has 1 saturated carbocycles. The first-order valence-corrected chi connectivity index (χ1v) is 8.14. The van der Waals surface area contributed by atoms with Gasteiger partial charge in [0.25, 0.3) is 5.91 Å². The van der Waals surface area contributed by atoms with E-state index in [1.165, 1.54) is 11.3 Å². The first kappa shape index (κ1) is 17.2. The second kappa shape index (κ2) is 7.42. The van der Waals surface area contributed by atoms with Crippen molar-refractivity contribution in [2.75, 3.05) is 0 Å². The minimum atomic E-state index is -0.141. The van der Waals surface area contributed by atoms with Crippen LogP contribution in [0.2, 0.25) is 5.02 Å². The molecule has 0 bridgehead atoms. The third-order valence-corrected chi connectivity index (χ3v) is 4.69. The van der Waals surface area contributed by atoms with Crippen LogP contribution < -0.4 is 11.1 Å². The van der Waals surface area contributed by atoms with Crippen LogP contribution in [0.5, 0.6) is 0 Å². The van der Waals surface area contributed by atoms with Gasteiger partial charge < -0.3 is 11.1 Å². The molecule has 1 aliphatic carbocycles. The topological polar surface area (TPSA) is 68.0 Å². The molecule has 4 nitrogen and oxygen atoms in total. The summed E-state index contributed by atoms with van der Waals surface area (Å²) in [5.74, 6) is 0.362. The van der Waals surface area contributed by atoms with Crippen LogP contribution in [-0.2, 0) is 6.54 Å². The third kappa shape index (κ3) is 3.98. The number of benzene rings is 1. The first-order chi connectivity index (χ1) is 10.2. The molecule has 118 valence electrons.